The quantitative estimate of drug-likeness (QED) is 0.165. The topological polar surface area (TPSA) is 118 Å². The zero-order valence-corrected chi connectivity index (χ0v) is 26.9. The number of halogens is 2. The van der Waals surface area contributed by atoms with Gasteiger partial charge in [-0.3, -0.25) is 14.2 Å². The summed E-state index contributed by atoms with van der Waals surface area (Å²) in [5.41, 5.74) is 4.82. The maximum absolute atomic E-state index is 13.5. The fraction of sp³-hybridized carbons (Fsp3) is 0.0833. The van der Waals surface area contributed by atoms with Crippen LogP contribution in [0.15, 0.2) is 121 Å². The average Bonchev–Trinajstić information content (AvgIpc) is 3.56. The molecular formula is C36H29Cl2N7O2. The van der Waals surface area contributed by atoms with Crippen molar-refractivity contribution in [2.75, 3.05) is 10.6 Å². The van der Waals surface area contributed by atoms with Gasteiger partial charge in [0.25, 0.3) is 11.5 Å². The second-order valence-electron chi connectivity index (χ2n) is 10.7. The molecule has 0 aliphatic carbocycles. The molecule has 1 atom stereocenters. The first-order valence-electron chi connectivity index (χ1n) is 14.7. The maximum atomic E-state index is 13.5. The normalized spacial score (nSPS) is 11.5. The van der Waals surface area contributed by atoms with Crippen LogP contribution in [0.1, 0.15) is 34.6 Å². The Labute approximate surface area is 280 Å². The highest BCUT2D eigenvalue weighted by molar-refractivity contribution is 6.35. The van der Waals surface area contributed by atoms with Gasteiger partial charge in [0.05, 0.1) is 33.4 Å². The van der Waals surface area contributed by atoms with Crippen LogP contribution in [0, 0.1) is 6.92 Å². The first-order valence-corrected chi connectivity index (χ1v) is 15.5. The van der Waals surface area contributed by atoms with Crippen molar-refractivity contribution in [1.82, 2.24) is 24.5 Å². The number of fused-ring (bicyclic) bond motifs is 2. The number of aromatic nitrogens is 5. The van der Waals surface area contributed by atoms with Gasteiger partial charge in [-0.15, -0.1) is 0 Å². The second-order valence-corrected chi connectivity index (χ2v) is 11.5. The lowest BCUT2D eigenvalue weighted by atomic mass is 10.1. The van der Waals surface area contributed by atoms with E-state index in [1.165, 1.54) is 6.33 Å². The Morgan fingerprint density at radius 2 is 1.55 bits per heavy atom. The van der Waals surface area contributed by atoms with Gasteiger partial charge in [-0.2, -0.15) is 0 Å². The van der Waals surface area contributed by atoms with E-state index in [0.29, 0.717) is 38.0 Å². The molecule has 0 spiro atoms. The number of hydrogen-bond donors (Lipinski definition) is 3. The fourth-order valence-electron chi connectivity index (χ4n) is 5.29. The number of aromatic amines is 1. The second kappa shape index (κ2) is 13.9. The Kier molecular flexibility index (Phi) is 9.28. The number of aryl methyl sites for hydroxylation is 1. The summed E-state index contributed by atoms with van der Waals surface area (Å²) in [6.45, 7) is 3.85. The Morgan fingerprint density at radius 1 is 0.851 bits per heavy atom. The van der Waals surface area contributed by atoms with Crippen LogP contribution < -0.4 is 16.2 Å². The number of pyridine rings is 1. The Balaban J connectivity index is 0.000000193. The monoisotopic (exact) mass is 661 g/mol. The van der Waals surface area contributed by atoms with E-state index in [4.69, 9.17) is 23.2 Å². The third-order valence-corrected chi connectivity index (χ3v) is 8.17. The lowest BCUT2D eigenvalue weighted by molar-refractivity contribution is 0.102. The number of rotatable bonds is 6. The van der Waals surface area contributed by atoms with E-state index in [-0.39, 0.29) is 17.5 Å². The molecule has 234 valence electrons. The average molecular weight is 663 g/mol. The number of anilines is 2. The summed E-state index contributed by atoms with van der Waals surface area (Å²) in [5.74, 6) is 0.433. The summed E-state index contributed by atoms with van der Waals surface area (Å²) in [7, 11) is 0. The maximum Gasteiger partial charge on any atom is 0.264 e. The zero-order valence-electron chi connectivity index (χ0n) is 25.4. The summed E-state index contributed by atoms with van der Waals surface area (Å²) in [4.78, 5) is 41.3. The van der Waals surface area contributed by atoms with Gasteiger partial charge in [0, 0.05) is 17.1 Å². The molecule has 0 bridgehead atoms. The van der Waals surface area contributed by atoms with Gasteiger partial charge in [0.1, 0.15) is 11.8 Å². The molecule has 4 aromatic carbocycles. The van der Waals surface area contributed by atoms with Crippen molar-refractivity contribution < 1.29 is 4.79 Å². The molecule has 7 rings (SSSR count). The van der Waals surface area contributed by atoms with Crippen molar-refractivity contribution in [2.45, 2.75) is 19.9 Å². The largest absolute Gasteiger partial charge is 0.360 e. The lowest BCUT2D eigenvalue weighted by Crippen LogP contribution is -2.25. The van der Waals surface area contributed by atoms with Crippen LogP contribution in [0.3, 0.4) is 0 Å². The van der Waals surface area contributed by atoms with Gasteiger partial charge in [0.2, 0.25) is 0 Å². The van der Waals surface area contributed by atoms with Crippen LogP contribution in [0.25, 0.3) is 27.6 Å². The van der Waals surface area contributed by atoms with Gasteiger partial charge in [-0.05, 0) is 67.3 Å². The molecule has 9 nitrogen and oxygen atoms in total. The standard InChI is InChI=1S/C22H17ClN6O.C14H12ClNO/c1-13(28-21-19-20(25-11-24-19)26-12-27-21)17-10-14-6-5-9-16(23)18(14)22(30)29(17)15-7-3-2-4-8-15;1-10-6-5-9-12(15)13(10)14(17)16-11-7-3-2-4-8-11/h2-13H,1H3,(H2,24,25,26,27,28);2-9H,1H3,(H,16,17)/t13-;/m0./s1. The molecule has 47 heavy (non-hydrogen) atoms. The molecule has 0 fully saturated rings. The number of hydrogen-bond acceptors (Lipinski definition) is 6. The van der Waals surface area contributed by atoms with Gasteiger partial charge < -0.3 is 15.6 Å². The van der Waals surface area contributed by atoms with Crippen molar-refractivity contribution in [3.63, 3.8) is 0 Å². The highest BCUT2D eigenvalue weighted by atomic mass is 35.5. The number of nitrogens with one attached hydrogen (secondary N) is 3. The summed E-state index contributed by atoms with van der Waals surface area (Å²) >= 11 is 12.4. The van der Waals surface area contributed by atoms with Gasteiger partial charge >= 0.3 is 0 Å². The Bertz CT molecular complexity index is 2230. The van der Waals surface area contributed by atoms with Crippen LogP contribution in [0.5, 0.6) is 0 Å². The molecule has 0 saturated heterocycles. The third-order valence-electron chi connectivity index (χ3n) is 7.54. The number of H-pyrrole nitrogens is 1. The molecule has 1 amide bonds. The van der Waals surface area contributed by atoms with Crippen LogP contribution in [0.2, 0.25) is 10.0 Å². The highest BCUT2D eigenvalue weighted by Gasteiger charge is 2.19. The van der Waals surface area contributed by atoms with Crippen LogP contribution in [-0.2, 0) is 0 Å². The number of amides is 1. The SMILES string of the molecule is C[C@H](Nc1ncnc2nc[nH]c12)c1cc2cccc(Cl)c2c(=O)n1-c1ccccc1.Cc1cccc(Cl)c1C(=O)Nc1ccccc1. The third kappa shape index (κ3) is 6.72. The summed E-state index contributed by atoms with van der Waals surface area (Å²) in [6.07, 6.45) is 3.04. The minimum absolute atomic E-state index is 0.165. The van der Waals surface area contributed by atoms with Gasteiger partial charge in [-0.1, -0.05) is 83.9 Å². The number of imidazole rings is 1. The molecule has 3 N–H and O–H groups in total. The summed E-state index contributed by atoms with van der Waals surface area (Å²) in [6, 6.07) is 31.5. The van der Waals surface area contributed by atoms with E-state index >= 15 is 0 Å². The van der Waals surface area contributed by atoms with Crippen molar-refractivity contribution >= 4 is 62.6 Å². The van der Waals surface area contributed by atoms with Crippen LogP contribution in [0.4, 0.5) is 11.5 Å². The smallest absolute Gasteiger partial charge is 0.264 e. The first kappa shape index (κ1) is 31.5. The first-order chi connectivity index (χ1) is 22.8. The van der Waals surface area contributed by atoms with E-state index in [0.717, 1.165) is 28.0 Å². The number of benzene rings is 4. The van der Waals surface area contributed by atoms with Crippen LogP contribution in [-0.4, -0.2) is 30.4 Å². The lowest BCUT2D eigenvalue weighted by Gasteiger charge is -2.21. The van der Waals surface area contributed by atoms with E-state index in [2.05, 4.69) is 30.6 Å². The molecule has 0 saturated carbocycles. The molecule has 0 aliphatic heterocycles. The molecule has 0 unspecified atom stereocenters. The van der Waals surface area contributed by atoms with E-state index in [1.807, 2.05) is 105 Å². The van der Waals surface area contributed by atoms with E-state index in [9.17, 15) is 9.59 Å². The number of carbonyl (C=O) groups is 1. The molecule has 7 aromatic rings. The van der Waals surface area contributed by atoms with E-state index in [1.54, 1.807) is 23.0 Å². The summed E-state index contributed by atoms with van der Waals surface area (Å²) in [5, 5.41) is 8.40. The predicted octanol–water partition coefficient (Wildman–Crippen LogP) is 8.38. The van der Waals surface area contributed by atoms with E-state index < -0.39 is 0 Å². The molecule has 0 aliphatic rings. The van der Waals surface area contributed by atoms with Crippen LogP contribution >= 0.6 is 23.2 Å². The van der Waals surface area contributed by atoms with Gasteiger partial charge in [-0.25, -0.2) is 15.0 Å². The summed E-state index contributed by atoms with van der Waals surface area (Å²) < 4.78 is 1.69. The number of carbonyl (C=O) groups excluding carboxylic acids is 1. The fourth-order valence-corrected chi connectivity index (χ4v) is 5.86. The molecule has 11 heteroatoms. The van der Waals surface area contributed by atoms with Crippen molar-refractivity contribution in [3.05, 3.63) is 153 Å². The molecular weight excluding hydrogens is 633 g/mol. The molecule has 3 heterocycles. The number of para-hydroxylation sites is 2. The minimum atomic E-state index is -0.248. The minimum Gasteiger partial charge on any atom is -0.360 e. The molecule has 0 radical (unpaired) electrons. The van der Waals surface area contributed by atoms with Crippen molar-refractivity contribution in [2.24, 2.45) is 0 Å². The van der Waals surface area contributed by atoms with Gasteiger partial charge in [0.15, 0.2) is 11.5 Å². The Morgan fingerprint density at radius 3 is 2.30 bits per heavy atom. The predicted molar refractivity (Wildman–Crippen MR) is 189 cm³/mol. The van der Waals surface area contributed by atoms with Crippen molar-refractivity contribution in [3.8, 4) is 5.69 Å². The van der Waals surface area contributed by atoms with Crippen molar-refractivity contribution in [1.29, 1.82) is 0 Å². The molecule has 3 aromatic heterocycles. The number of nitrogens with zero attached hydrogens (tertiary/aromatic N) is 4. The zero-order chi connectivity index (χ0) is 32.9. The Hall–Kier alpha value is -5.51. The highest BCUT2D eigenvalue weighted by Crippen LogP contribution is 2.28.